The van der Waals surface area contributed by atoms with Gasteiger partial charge >= 0.3 is 8.68 Å². The molecule has 0 aromatic heterocycles. The normalized spacial score (nSPS) is 9.95. The van der Waals surface area contributed by atoms with Crippen LogP contribution in [0, 0.1) is 5.41 Å². The topological polar surface area (TPSA) is 26.3 Å². The molecule has 75 heavy (non-hydrogen) atoms. The van der Waals surface area contributed by atoms with Gasteiger partial charge in [-0.3, -0.25) is 0 Å². The molecule has 0 radical (unpaired) electrons. The summed E-state index contributed by atoms with van der Waals surface area (Å²) >= 11 is 5.07. The number of allylic oxidation sites excluding steroid dienone is 7. The maximum Gasteiger partial charge on any atom is 0.346 e. The third kappa shape index (κ3) is 41.9. The van der Waals surface area contributed by atoms with Gasteiger partial charge in [-0.2, -0.15) is 0 Å². The largest absolute Gasteiger partial charge is 0.385 e. The summed E-state index contributed by atoms with van der Waals surface area (Å²) in [5.41, 5.74) is 0.503. The lowest BCUT2D eigenvalue weighted by Gasteiger charge is -2.27. The molecule has 0 aliphatic rings. The zero-order valence-electron chi connectivity index (χ0n) is 48.7. The van der Waals surface area contributed by atoms with E-state index in [1.54, 1.807) is 18.4 Å². The summed E-state index contributed by atoms with van der Waals surface area (Å²) in [5.74, 6) is 0.556. The Bertz CT molecular complexity index is 2010. The molecule has 0 saturated heterocycles. The van der Waals surface area contributed by atoms with Crippen LogP contribution in [0.3, 0.4) is 0 Å². The van der Waals surface area contributed by atoms with Crippen LogP contribution in [0.2, 0.25) is 31.7 Å². The van der Waals surface area contributed by atoms with Crippen molar-refractivity contribution in [3.63, 3.8) is 0 Å². The van der Waals surface area contributed by atoms with Gasteiger partial charge in [0.2, 0.25) is 0 Å². The van der Waals surface area contributed by atoms with Gasteiger partial charge in [-0.05, 0) is 69.2 Å². The van der Waals surface area contributed by atoms with E-state index in [2.05, 4.69) is 197 Å². The SMILES string of the molecule is C=CCC.C=CCCCC(C)(C)C.C=CCCCCC.C=CCCCOC.C=CCC[Si](C)(C)c1ccccc1.C=CCCl.C=CC[Si](C)(c1ccccc1)c1ccccc1.O=[Si](c1ccccc1)c1ccccc1. The van der Waals surface area contributed by atoms with Crippen LogP contribution in [0.5, 0.6) is 0 Å². The molecule has 0 fully saturated rings. The Kier molecular flexibility index (Phi) is 50.6. The standard InChI is InChI=1S/C16H18Si.C12H10OSi.C12H18Si.C9H18.C7H14.C6H12O.C4H8.C3H5Cl/c1-3-14-17(2,15-10-6-4-7-11-15)16-12-8-5-9-13-16;13-14(11-7-3-1-4-8-11)12-9-5-2-6-10-12;1-4-5-11-13(2,3)12-9-7-6-8-10-12;1-5-6-7-8-9(2,3)4;1-3-5-7-6-4-2;1-3-4-5-6-7-2;1-3-4-2;1-2-3-4/h3-13H,1,14H2,2H3;1-10H;4,6-10H,1,5,11H2,2-3H3;5H,1,6-8H2,2-4H3;3H,1,4-7H2,2H3;3H,1,4-6H2,2H3;3H,1,4H2,2H3;2H,1,3H2. The molecular formula is C69H103ClO2Si3. The van der Waals surface area contributed by atoms with Crippen LogP contribution in [-0.4, -0.2) is 44.4 Å². The Hall–Kier alpha value is -5.02. The van der Waals surface area contributed by atoms with Crippen molar-refractivity contribution < 1.29 is 9.20 Å². The first-order chi connectivity index (χ1) is 36.0. The molecule has 0 aliphatic heterocycles. The second kappa shape index (κ2) is 51.1. The second-order valence-corrected chi connectivity index (χ2v) is 31.0. The highest BCUT2D eigenvalue weighted by atomic mass is 35.5. The van der Waals surface area contributed by atoms with E-state index in [1.165, 1.54) is 54.9 Å². The molecule has 0 saturated carbocycles. The molecule has 0 aliphatic carbocycles. The van der Waals surface area contributed by atoms with E-state index >= 15 is 0 Å². The average Bonchev–Trinajstić information content (AvgIpc) is 3.44. The molecule has 410 valence electrons. The quantitative estimate of drug-likeness (QED) is 0.0282. The summed E-state index contributed by atoms with van der Waals surface area (Å²) in [6.45, 7) is 44.6. The Morgan fingerprint density at radius 2 is 0.867 bits per heavy atom. The summed E-state index contributed by atoms with van der Waals surface area (Å²) in [6, 6.07) is 54.1. The highest BCUT2D eigenvalue weighted by Crippen LogP contribution is 2.21. The number of rotatable bonds is 23. The lowest BCUT2D eigenvalue weighted by Crippen LogP contribution is -2.55. The smallest absolute Gasteiger partial charge is 0.346 e. The molecular weight excluding hydrogens is 980 g/mol. The second-order valence-electron chi connectivity index (χ2n) is 19.8. The minimum Gasteiger partial charge on any atom is -0.385 e. The molecule has 0 atom stereocenters. The molecule has 0 bridgehead atoms. The van der Waals surface area contributed by atoms with Crippen LogP contribution >= 0.6 is 11.6 Å². The van der Waals surface area contributed by atoms with E-state index in [4.69, 9.17) is 16.3 Å². The van der Waals surface area contributed by atoms with Crippen molar-refractivity contribution in [3.8, 4) is 0 Å². The summed E-state index contributed by atoms with van der Waals surface area (Å²) < 4.78 is 16.8. The van der Waals surface area contributed by atoms with E-state index < -0.39 is 24.8 Å². The van der Waals surface area contributed by atoms with E-state index in [-0.39, 0.29) is 0 Å². The van der Waals surface area contributed by atoms with Crippen LogP contribution in [-0.2, 0) is 9.20 Å². The summed E-state index contributed by atoms with van der Waals surface area (Å²) in [7, 11) is -2.87. The molecule has 6 heteroatoms. The molecule has 5 aromatic rings. The number of ether oxygens (including phenoxy) is 1. The zero-order chi connectivity index (χ0) is 56.9. The molecule has 2 nitrogen and oxygen atoms in total. The third-order valence-electron chi connectivity index (χ3n) is 11.5. The van der Waals surface area contributed by atoms with Gasteiger partial charge in [0.05, 0.1) is 8.07 Å². The zero-order valence-corrected chi connectivity index (χ0v) is 52.5. The van der Waals surface area contributed by atoms with E-state index in [1.807, 2.05) is 91.0 Å². The molecule has 0 spiro atoms. The van der Waals surface area contributed by atoms with E-state index in [0.717, 1.165) is 55.1 Å². The summed E-state index contributed by atoms with van der Waals surface area (Å²) in [4.78, 5) is 0. The monoisotopic (exact) mass is 1080 g/mol. The molecule has 5 rings (SSSR count). The van der Waals surface area contributed by atoms with Crippen molar-refractivity contribution in [2.45, 2.75) is 137 Å². The highest BCUT2D eigenvalue weighted by Gasteiger charge is 2.29. The molecule has 0 unspecified atom stereocenters. The fraction of sp³-hybridized carbons (Fsp3) is 0.362. The first kappa shape index (κ1) is 74.2. The maximum atomic E-state index is 12.0. The minimum absolute atomic E-state index is 0.503. The fourth-order valence-electron chi connectivity index (χ4n) is 6.83. The first-order valence-electron chi connectivity index (χ1n) is 27.2. The molecule has 0 heterocycles. The van der Waals surface area contributed by atoms with Gasteiger partial charge < -0.3 is 9.20 Å². The van der Waals surface area contributed by atoms with Crippen LogP contribution in [0.25, 0.3) is 0 Å². The third-order valence-corrected chi connectivity index (χ3v) is 21.2. The number of unbranched alkanes of at least 4 members (excludes halogenated alkanes) is 5. The predicted octanol–water partition coefficient (Wildman–Crippen LogP) is 18.2. The predicted molar refractivity (Wildman–Crippen MR) is 351 cm³/mol. The van der Waals surface area contributed by atoms with Gasteiger partial charge in [0.1, 0.15) is 8.07 Å². The Morgan fingerprint density at radius 1 is 0.507 bits per heavy atom. The van der Waals surface area contributed by atoms with Gasteiger partial charge in [-0.15, -0.1) is 57.7 Å². The van der Waals surface area contributed by atoms with Crippen molar-refractivity contribution in [1.29, 1.82) is 0 Å². The van der Waals surface area contributed by atoms with Crippen molar-refractivity contribution in [2.75, 3.05) is 19.6 Å². The Balaban J connectivity index is -0.000000827. The van der Waals surface area contributed by atoms with E-state index in [9.17, 15) is 4.46 Å². The van der Waals surface area contributed by atoms with Crippen molar-refractivity contribution in [3.05, 3.63) is 240 Å². The molecule has 0 N–H and O–H groups in total. The van der Waals surface area contributed by atoms with Crippen LogP contribution in [0.1, 0.15) is 105 Å². The number of alkyl halides is 1. The minimum atomic E-state index is -1.79. The van der Waals surface area contributed by atoms with Crippen LogP contribution < -0.4 is 25.9 Å². The number of benzene rings is 5. The lowest BCUT2D eigenvalue weighted by molar-refractivity contribution is 0.196. The van der Waals surface area contributed by atoms with Gasteiger partial charge in [0.15, 0.2) is 0 Å². The Morgan fingerprint density at radius 3 is 1.19 bits per heavy atom. The van der Waals surface area contributed by atoms with Gasteiger partial charge in [-0.25, -0.2) is 0 Å². The number of hydrogen-bond donors (Lipinski definition) is 0. The van der Waals surface area contributed by atoms with Crippen molar-refractivity contribution in [1.82, 2.24) is 0 Å². The first-order valence-corrected chi connectivity index (χ1v) is 35.0. The number of methoxy groups -OCH3 is 1. The van der Waals surface area contributed by atoms with Gasteiger partial charge in [0, 0.05) is 30.0 Å². The molecule has 0 amide bonds. The number of halogens is 1. The molecule has 5 aromatic carbocycles. The summed E-state index contributed by atoms with van der Waals surface area (Å²) in [5, 5.41) is 6.35. The average molecular weight is 1080 g/mol. The van der Waals surface area contributed by atoms with Crippen molar-refractivity contribution in [2.24, 2.45) is 5.41 Å². The van der Waals surface area contributed by atoms with Gasteiger partial charge in [0.25, 0.3) is 0 Å². The fourth-order valence-corrected chi connectivity index (χ4v) is 13.7. The van der Waals surface area contributed by atoms with Crippen molar-refractivity contribution >= 4 is 62.4 Å². The van der Waals surface area contributed by atoms with Gasteiger partial charge in [-0.1, -0.05) is 283 Å². The maximum absolute atomic E-state index is 12.0. The van der Waals surface area contributed by atoms with Crippen LogP contribution in [0.4, 0.5) is 0 Å². The highest BCUT2D eigenvalue weighted by molar-refractivity contribution is 7.01. The Labute approximate surface area is 470 Å². The number of hydrogen-bond acceptors (Lipinski definition) is 2. The summed E-state index contributed by atoms with van der Waals surface area (Å²) in [6.07, 6.45) is 26.8. The van der Waals surface area contributed by atoms with E-state index in [0.29, 0.717) is 11.3 Å². The van der Waals surface area contributed by atoms with Crippen LogP contribution in [0.15, 0.2) is 240 Å². The lowest BCUT2D eigenvalue weighted by atomic mass is 9.90.